The van der Waals surface area contributed by atoms with Crippen molar-refractivity contribution in [1.29, 1.82) is 0 Å². The smallest absolute Gasteiger partial charge is 0.410 e. The largest absolute Gasteiger partial charge is 0.464 e. The normalized spacial score (nSPS) is 19.6. The molecule has 5 nitrogen and oxygen atoms in total. The van der Waals surface area contributed by atoms with E-state index >= 15 is 0 Å². The zero-order valence-corrected chi connectivity index (χ0v) is 9.90. The van der Waals surface area contributed by atoms with Gasteiger partial charge in [0.05, 0.1) is 13.2 Å². The molecule has 1 atom stereocenters. The monoisotopic (exact) mass is 229 g/mol. The van der Waals surface area contributed by atoms with Gasteiger partial charge in [0.2, 0.25) is 0 Å². The molecule has 0 aliphatic carbocycles. The third-order valence-electron chi connectivity index (χ3n) is 2.48. The van der Waals surface area contributed by atoms with Crippen molar-refractivity contribution >= 4 is 12.1 Å². The van der Waals surface area contributed by atoms with Gasteiger partial charge in [-0.1, -0.05) is 6.92 Å². The summed E-state index contributed by atoms with van der Waals surface area (Å²) in [6.45, 7) is 5.00. The van der Waals surface area contributed by atoms with Crippen molar-refractivity contribution in [2.75, 3.05) is 19.8 Å². The Morgan fingerprint density at radius 1 is 1.31 bits per heavy atom. The number of amides is 1. The first kappa shape index (κ1) is 12.8. The summed E-state index contributed by atoms with van der Waals surface area (Å²) >= 11 is 0. The maximum absolute atomic E-state index is 11.6. The van der Waals surface area contributed by atoms with Crippen molar-refractivity contribution in [1.82, 2.24) is 4.90 Å². The van der Waals surface area contributed by atoms with Crippen LogP contribution in [0.5, 0.6) is 0 Å². The lowest BCUT2D eigenvalue weighted by atomic mass is 10.2. The van der Waals surface area contributed by atoms with Crippen LogP contribution in [0.2, 0.25) is 0 Å². The molecule has 0 unspecified atom stereocenters. The van der Waals surface area contributed by atoms with Crippen LogP contribution in [0.4, 0.5) is 4.79 Å². The van der Waals surface area contributed by atoms with Gasteiger partial charge in [-0.15, -0.1) is 0 Å². The summed E-state index contributed by atoms with van der Waals surface area (Å²) in [6, 6.07) is -0.454. The summed E-state index contributed by atoms with van der Waals surface area (Å²) in [5, 5.41) is 0. The molecule has 0 N–H and O–H groups in total. The number of hydrogen-bond donors (Lipinski definition) is 0. The van der Waals surface area contributed by atoms with Crippen LogP contribution in [-0.4, -0.2) is 42.8 Å². The quantitative estimate of drug-likeness (QED) is 0.686. The van der Waals surface area contributed by atoms with E-state index in [1.165, 1.54) is 4.90 Å². The summed E-state index contributed by atoms with van der Waals surface area (Å²) in [4.78, 5) is 24.6. The maximum atomic E-state index is 11.6. The first-order valence-corrected chi connectivity index (χ1v) is 5.80. The highest BCUT2D eigenvalue weighted by atomic mass is 16.6. The van der Waals surface area contributed by atoms with Crippen LogP contribution in [0, 0.1) is 0 Å². The highest BCUT2D eigenvalue weighted by Crippen LogP contribution is 2.19. The van der Waals surface area contributed by atoms with Crippen LogP contribution in [0.25, 0.3) is 0 Å². The first-order valence-electron chi connectivity index (χ1n) is 5.80. The number of likely N-dealkylation sites (tertiary alicyclic amines) is 1. The molecule has 5 heteroatoms. The van der Waals surface area contributed by atoms with Crippen molar-refractivity contribution in [3.8, 4) is 0 Å². The van der Waals surface area contributed by atoms with E-state index in [2.05, 4.69) is 0 Å². The molecular weight excluding hydrogens is 210 g/mol. The molecule has 0 aromatic rings. The summed E-state index contributed by atoms with van der Waals surface area (Å²) in [6.07, 6.45) is 1.87. The van der Waals surface area contributed by atoms with Crippen molar-refractivity contribution in [3.63, 3.8) is 0 Å². The van der Waals surface area contributed by atoms with E-state index in [9.17, 15) is 9.59 Å². The average molecular weight is 229 g/mol. The Labute approximate surface area is 95.7 Å². The van der Waals surface area contributed by atoms with E-state index < -0.39 is 12.1 Å². The van der Waals surface area contributed by atoms with Gasteiger partial charge in [0.25, 0.3) is 0 Å². The summed E-state index contributed by atoms with van der Waals surface area (Å²) in [5.74, 6) is -0.326. The van der Waals surface area contributed by atoms with Gasteiger partial charge in [-0.25, -0.2) is 9.59 Å². The molecule has 0 bridgehead atoms. The molecule has 0 aromatic heterocycles. The third kappa shape index (κ3) is 3.12. The minimum Gasteiger partial charge on any atom is -0.464 e. The van der Waals surface area contributed by atoms with Gasteiger partial charge in [-0.2, -0.15) is 0 Å². The molecule has 0 saturated carbocycles. The average Bonchev–Trinajstić information content (AvgIpc) is 2.75. The van der Waals surface area contributed by atoms with E-state index in [1.54, 1.807) is 6.92 Å². The molecule has 0 aromatic carbocycles. The van der Waals surface area contributed by atoms with Crippen LogP contribution in [0.1, 0.15) is 33.1 Å². The highest BCUT2D eigenvalue weighted by molar-refractivity contribution is 5.82. The number of nitrogens with zero attached hydrogens (tertiary/aromatic N) is 1. The van der Waals surface area contributed by atoms with Crippen LogP contribution < -0.4 is 0 Å². The molecule has 1 heterocycles. The SMILES string of the molecule is CCCOC(=O)N1CCC[C@H]1C(=O)OCC. The minimum atomic E-state index is -0.454. The van der Waals surface area contributed by atoms with Crippen LogP contribution >= 0.6 is 0 Å². The van der Waals surface area contributed by atoms with Gasteiger partial charge in [0, 0.05) is 6.54 Å². The van der Waals surface area contributed by atoms with Gasteiger partial charge in [0.1, 0.15) is 6.04 Å². The standard InChI is InChI=1S/C11H19NO4/c1-3-8-16-11(14)12-7-5-6-9(12)10(13)15-4-2/h9H,3-8H2,1-2H3/t9-/m0/s1. The molecular formula is C11H19NO4. The Bertz CT molecular complexity index is 254. The predicted molar refractivity (Wildman–Crippen MR) is 58.0 cm³/mol. The van der Waals surface area contributed by atoms with E-state index in [0.717, 1.165) is 12.8 Å². The summed E-state index contributed by atoms with van der Waals surface area (Å²) in [5.41, 5.74) is 0. The van der Waals surface area contributed by atoms with E-state index in [4.69, 9.17) is 9.47 Å². The molecule has 1 aliphatic heterocycles. The Morgan fingerprint density at radius 2 is 2.06 bits per heavy atom. The fraction of sp³-hybridized carbons (Fsp3) is 0.818. The molecule has 0 radical (unpaired) electrons. The summed E-state index contributed by atoms with van der Waals surface area (Å²) < 4.78 is 9.94. The molecule has 0 spiro atoms. The number of rotatable bonds is 4. The third-order valence-corrected chi connectivity index (χ3v) is 2.48. The topological polar surface area (TPSA) is 55.8 Å². The number of carbonyl (C=O) groups is 2. The second-order valence-electron chi connectivity index (χ2n) is 3.72. The van der Waals surface area contributed by atoms with Crippen molar-refractivity contribution < 1.29 is 19.1 Å². The number of hydrogen-bond acceptors (Lipinski definition) is 4. The lowest BCUT2D eigenvalue weighted by Crippen LogP contribution is -2.41. The fourth-order valence-corrected chi connectivity index (χ4v) is 1.74. The van der Waals surface area contributed by atoms with Crippen molar-refractivity contribution in [2.24, 2.45) is 0 Å². The Kier molecular flexibility index (Phi) is 5.08. The van der Waals surface area contributed by atoms with Crippen molar-refractivity contribution in [2.45, 2.75) is 39.2 Å². The van der Waals surface area contributed by atoms with E-state index in [-0.39, 0.29) is 5.97 Å². The maximum Gasteiger partial charge on any atom is 0.410 e. The van der Waals surface area contributed by atoms with Gasteiger partial charge in [-0.05, 0) is 26.2 Å². The van der Waals surface area contributed by atoms with Gasteiger partial charge in [0.15, 0.2) is 0 Å². The zero-order chi connectivity index (χ0) is 12.0. The zero-order valence-electron chi connectivity index (χ0n) is 9.90. The van der Waals surface area contributed by atoms with Gasteiger partial charge >= 0.3 is 12.1 Å². The minimum absolute atomic E-state index is 0.326. The second-order valence-corrected chi connectivity index (χ2v) is 3.72. The highest BCUT2D eigenvalue weighted by Gasteiger charge is 2.35. The van der Waals surface area contributed by atoms with Gasteiger partial charge in [-0.3, -0.25) is 4.90 Å². The molecule has 1 rings (SSSR count). The Morgan fingerprint density at radius 3 is 2.69 bits per heavy atom. The molecule has 1 fully saturated rings. The Balaban J connectivity index is 2.51. The molecule has 1 saturated heterocycles. The van der Waals surface area contributed by atoms with Gasteiger partial charge < -0.3 is 9.47 Å². The Hall–Kier alpha value is -1.26. The molecule has 16 heavy (non-hydrogen) atoms. The lowest BCUT2D eigenvalue weighted by Gasteiger charge is -2.22. The second kappa shape index (κ2) is 6.35. The lowest BCUT2D eigenvalue weighted by molar-refractivity contribution is -0.147. The van der Waals surface area contributed by atoms with E-state index in [1.807, 2.05) is 6.92 Å². The molecule has 92 valence electrons. The van der Waals surface area contributed by atoms with Crippen LogP contribution in [0.15, 0.2) is 0 Å². The van der Waals surface area contributed by atoms with E-state index in [0.29, 0.717) is 26.2 Å². The predicted octanol–water partition coefficient (Wildman–Crippen LogP) is 1.56. The molecule has 1 aliphatic rings. The fourth-order valence-electron chi connectivity index (χ4n) is 1.74. The molecule has 1 amide bonds. The van der Waals surface area contributed by atoms with Crippen molar-refractivity contribution in [3.05, 3.63) is 0 Å². The van der Waals surface area contributed by atoms with Crippen LogP contribution in [0.3, 0.4) is 0 Å². The number of ether oxygens (including phenoxy) is 2. The number of carbonyl (C=O) groups excluding carboxylic acids is 2. The first-order chi connectivity index (χ1) is 7.70. The number of esters is 1. The summed E-state index contributed by atoms with van der Waals surface area (Å²) in [7, 11) is 0. The van der Waals surface area contributed by atoms with Crippen LogP contribution in [-0.2, 0) is 14.3 Å².